The molecule has 5 heterocycles. The molecular weight excluding hydrogens is 702 g/mol. The second kappa shape index (κ2) is 12.4. The van der Waals surface area contributed by atoms with E-state index < -0.39 is 0 Å². The number of rotatable bonds is 0. The number of fused-ring (bicyclic) bond motifs is 20. The molecule has 0 spiro atoms. The van der Waals surface area contributed by atoms with Gasteiger partial charge in [-0.1, -0.05) is 96.5 Å². The molecule has 2 aliphatic heterocycles. The van der Waals surface area contributed by atoms with Crippen molar-refractivity contribution < 1.29 is 17.1 Å². The maximum Gasteiger partial charge on any atom is 0.164 e. The Morgan fingerprint density at radius 2 is 0.756 bits per heavy atom. The van der Waals surface area contributed by atoms with Crippen molar-refractivity contribution in [2.24, 2.45) is 0 Å². The molecule has 4 aromatic carbocycles. The van der Waals surface area contributed by atoms with Crippen molar-refractivity contribution in [3.63, 3.8) is 0 Å². The molecule has 0 unspecified atom stereocenters. The Labute approximate surface area is 289 Å². The fraction of sp³-hybridized carbons (Fsp3) is 0. The van der Waals surface area contributed by atoms with E-state index in [1.165, 1.54) is 0 Å². The molecular formula is C32H20Cl4CuN8. The van der Waals surface area contributed by atoms with Gasteiger partial charge in [-0.3, -0.25) is 0 Å². The maximum absolute atomic E-state index is 6.73. The zero-order valence-electron chi connectivity index (χ0n) is 22.7. The molecule has 0 amide bonds. The van der Waals surface area contributed by atoms with Crippen LogP contribution < -0.4 is 0 Å². The van der Waals surface area contributed by atoms with E-state index in [-0.39, 0.29) is 54.3 Å². The number of H-pyrrole nitrogens is 2. The summed E-state index contributed by atoms with van der Waals surface area (Å²) >= 11 is 6.73. The standard InChI is InChI=1S/C32H17ClN8.3ClH.Cu/c33-23-15-7-14-22-24(23)32-40-30-21-13-6-5-12-20(21)28(38-30)36-26-17-9-2-1-8-16(17)25(34-26)35-27-18-10-3-4-11-19(18)29(37-27)39-31(22)41-32;;;;/h1-15H,(H2,34,35,36,37,38,39,40,41);3*1H;. The molecule has 9 rings (SSSR count). The van der Waals surface area contributed by atoms with Crippen LogP contribution in [0, 0.1) is 0 Å². The number of nitrogens with one attached hydrogen (secondary N) is 2. The van der Waals surface area contributed by atoms with Crippen molar-refractivity contribution in [1.82, 2.24) is 39.9 Å². The van der Waals surface area contributed by atoms with Crippen LogP contribution in [0.5, 0.6) is 0 Å². The van der Waals surface area contributed by atoms with E-state index in [9.17, 15) is 0 Å². The number of aromatic amines is 2. The summed E-state index contributed by atoms with van der Waals surface area (Å²) in [5.41, 5.74) is 6.09. The summed E-state index contributed by atoms with van der Waals surface area (Å²) < 4.78 is 0. The van der Waals surface area contributed by atoms with E-state index >= 15 is 0 Å². The van der Waals surface area contributed by atoms with Crippen LogP contribution in [-0.2, 0) is 17.1 Å². The predicted octanol–water partition coefficient (Wildman–Crippen LogP) is 8.79. The third-order valence-corrected chi connectivity index (χ3v) is 7.84. The normalized spacial score (nSPS) is 11.0. The van der Waals surface area contributed by atoms with E-state index in [0.717, 1.165) is 43.8 Å². The molecule has 7 aromatic rings. The molecule has 0 atom stereocenters. The van der Waals surface area contributed by atoms with Crippen LogP contribution >= 0.6 is 48.8 Å². The van der Waals surface area contributed by atoms with Crippen LogP contribution in [0.4, 0.5) is 0 Å². The molecule has 13 heteroatoms. The molecule has 8 nitrogen and oxygen atoms in total. The molecule has 0 aliphatic carbocycles. The van der Waals surface area contributed by atoms with Gasteiger partial charge in [0.25, 0.3) is 0 Å². The monoisotopic (exact) mass is 719 g/mol. The summed E-state index contributed by atoms with van der Waals surface area (Å²) in [6, 6.07) is 29.7. The molecule has 2 aliphatic rings. The minimum absolute atomic E-state index is 0. The molecule has 0 saturated carbocycles. The fourth-order valence-electron chi connectivity index (χ4n) is 5.65. The van der Waals surface area contributed by atoms with Gasteiger partial charge in [-0.2, -0.15) is 0 Å². The summed E-state index contributed by atoms with van der Waals surface area (Å²) in [6.45, 7) is 0. The smallest absolute Gasteiger partial charge is 0.164 e. The first-order valence-corrected chi connectivity index (χ1v) is 13.5. The maximum atomic E-state index is 6.73. The van der Waals surface area contributed by atoms with Gasteiger partial charge in [-0.05, 0) is 6.07 Å². The Kier molecular flexibility index (Phi) is 8.88. The van der Waals surface area contributed by atoms with E-state index in [2.05, 4.69) is 9.97 Å². The zero-order valence-corrected chi connectivity index (χ0v) is 26.9. The summed E-state index contributed by atoms with van der Waals surface area (Å²) in [7, 11) is 0. The van der Waals surface area contributed by atoms with Gasteiger partial charge in [0, 0.05) is 60.9 Å². The number of benzene rings is 4. The molecule has 3 aromatic heterocycles. The third kappa shape index (κ3) is 5.02. The second-order valence-corrected chi connectivity index (χ2v) is 10.3. The second-order valence-electron chi connectivity index (χ2n) is 9.91. The van der Waals surface area contributed by atoms with Gasteiger partial charge >= 0.3 is 0 Å². The van der Waals surface area contributed by atoms with Crippen LogP contribution in [0.15, 0.2) is 91.0 Å². The average molecular weight is 722 g/mol. The molecule has 45 heavy (non-hydrogen) atoms. The van der Waals surface area contributed by atoms with Crippen molar-refractivity contribution in [1.29, 1.82) is 0 Å². The van der Waals surface area contributed by atoms with Crippen LogP contribution in [-0.4, -0.2) is 39.9 Å². The molecule has 8 bridgehead atoms. The number of halogens is 4. The van der Waals surface area contributed by atoms with Gasteiger partial charge in [0.05, 0.1) is 5.02 Å². The molecule has 0 fully saturated rings. The SMILES string of the molecule is Cl.Cl.Cl.Clc1cccc2c3nc4nc(nc5[nH]c(nc6nc(nc([nH]3)c12)-c1ccccc1-6)c1ccccc51)-c1ccccc1-4.[Cu]. The Hall–Kier alpha value is -4.08. The summed E-state index contributed by atoms with van der Waals surface area (Å²) in [4.78, 5) is 36.6. The van der Waals surface area contributed by atoms with Crippen LogP contribution in [0.1, 0.15) is 0 Å². The quantitative estimate of drug-likeness (QED) is 0.152. The number of hydrogen-bond donors (Lipinski definition) is 2. The number of aromatic nitrogens is 8. The Balaban J connectivity index is 0.00000100. The Bertz CT molecular complexity index is 2420. The first-order chi connectivity index (χ1) is 20.2. The summed E-state index contributed by atoms with van der Waals surface area (Å²) in [5.74, 6) is 2.24. The zero-order chi connectivity index (χ0) is 27.1. The van der Waals surface area contributed by atoms with Crippen LogP contribution in [0.25, 0.3) is 89.7 Å². The van der Waals surface area contributed by atoms with Gasteiger partial charge in [0.2, 0.25) is 0 Å². The largest absolute Gasteiger partial charge is 0.324 e. The van der Waals surface area contributed by atoms with Gasteiger partial charge in [0.15, 0.2) is 23.3 Å². The van der Waals surface area contributed by atoms with Gasteiger partial charge in [0.1, 0.15) is 22.6 Å². The minimum atomic E-state index is 0. The Morgan fingerprint density at radius 1 is 0.400 bits per heavy atom. The van der Waals surface area contributed by atoms with Crippen molar-refractivity contribution in [3.05, 3.63) is 96.0 Å². The number of nitrogens with zero attached hydrogens (tertiary/aromatic N) is 6. The molecule has 227 valence electrons. The van der Waals surface area contributed by atoms with Crippen LogP contribution in [0.3, 0.4) is 0 Å². The topological polar surface area (TPSA) is 109 Å². The first kappa shape index (κ1) is 32.3. The van der Waals surface area contributed by atoms with Crippen molar-refractivity contribution in [2.75, 3.05) is 0 Å². The molecule has 0 saturated heterocycles. The summed E-state index contributed by atoms with van der Waals surface area (Å²) in [5, 5.41) is 4.05. The first-order valence-electron chi connectivity index (χ1n) is 13.1. The number of hydrogen-bond acceptors (Lipinski definition) is 6. The van der Waals surface area contributed by atoms with Crippen LogP contribution in [0.2, 0.25) is 5.02 Å². The third-order valence-electron chi connectivity index (χ3n) is 7.53. The Morgan fingerprint density at radius 3 is 1.22 bits per heavy atom. The fourth-order valence-corrected chi connectivity index (χ4v) is 5.91. The van der Waals surface area contributed by atoms with E-state index in [1.807, 2.05) is 91.0 Å². The summed E-state index contributed by atoms with van der Waals surface area (Å²) in [6.07, 6.45) is 0. The average Bonchev–Trinajstić information content (AvgIpc) is 3.73. The molecule has 1 radical (unpaired) electrons. The van der Waals surface area contributed by atoms with Gasteiger partial charge < -0.3 is 9.97 Å². The van der Waals surface area contributed by atoms with Gasteiger partial charge in [-0.25, -0.2) is 29.9 Å². The van der Waals surface area contributed by atoms with Crippen molar-refractivity contribution in [3.8, 4) is 45.6 Å². The minimum Gasteiger partial charge on any atom is -0.324 e. The van der Waals surface area contributed by atoms with Crippen molar-refractivity contribution in [2.45, 2.75) is 0 Å². The van der Waals surface area contributed by atoms with E-state index in [0.29, 0.717) is 50.9 Å². The van der Waals surface area contributed by atoms with Gasteiger partial charge in [-0.15, -0.1) is 37.2 Å². The van der Waals surface area contributed by atoms with E-state index in [4.69, 9.17) is 41.5 Å². The molecule has 2 N–H and O–H groups in total. The van der Waals surface area contributed by atoms with Crippen molar-refractivity contribution >= 4 is 93.0 Å². The predicted molar refractivity (Wildman–Crippen MR) is 183 cm³/mol. The van der Waals surface area contributed by atoms with E-state index in [1.54, 1.807) is 0 Å².